The van der Waals surface area contributed by atoms with Crippen LogP contribution in [0.2, 0.25) is 0 Å². The van der Waals surface area contributed by atoms with Crippen LogP contribution in [0.25, 0.3) is 0 Å². The number of hydrogen-bond acceptors (Lipinski definition) is 13. The number of benzene rings is 5. The molecule has 302 valence electrons. The van der Waals surface area contributed by atoms with E-state index < -0.39 is 10.0 Å². The zero-order chi connectivity index (χ0) is 41.9. The maximum atomic E-state index is 12.9. The number of carbonyl (C=O) groups excluding carboxylic acids is 2. The molecule has 0 saturated heterocycles. The van der Waals surface area contributed by atoms with Crippen LogP contribution in [0.1, 0.15) is 52.7 Å². The number of carbonyl (C=O) groups is 2. The summed E-state index contributed by atoms with van der Waals surface area (Å²) >= 11 is 2.61. The average molecular weight is 847 g/mol. The average Bonchev–Trinajstić information content (AvgIpc) is 3.93. The van der Waals surface area contributed by atoms with Crippen LogP contribution in [-0.2, 0) is 23.1 Å². The van der Waals surface area contributed by atoms with Gasteiger partial charge in [0.25, 0.3) is 0 Å². The third-order valence-corrected chi connectivity index (χ3v) is 12.2. The van der Waals surface area contributed by atoms with Crippen molar-refractivity contribution in [1.29, 1.82) is 0 Å². The van der Waals surface area contributed by atoms with Crippen LogP contribution in [-0.4, -0.2) is 44.2 Å². The van der Waals surface area contributed by atoms with Gasteiger partial charge in [-0.2, -0.15) is 0 Å². The summed E-state index contributed by atoms with van der Waals surface area (Å²) in [5.41, 5.74) is 12.3. The number of sulfonamides is 1. The molecule has 12 nitrogen and oxygen atoms in total. The Hall–Kier alpha value is -6.23. The van der Waals surface area contributed by atoms with Gasteiger partial charge in [-0.3, -0.25) is 9.59 Å². The first-order chi connectivity index (χ1) is 28.5. The van der Waals surface area contributed by atoms with Gasteiger partial charge in [-0.15, -0.1) is 0 Å². The Balaban J connectivity index is 0.000000219. The molecule has 59 heavy (non-hydrogen) atoms. The quantitative estimate of drug-likeness (QED) is 0.0726. The molecule has 0 bridgehead atoms. The lowest BCUT2D eigenvalue weighted by Gasteiger charge is -2.12. The summed E-state index contributed by atoms with van der Waals surface area (Å²) in [5.74, 6) is 0.559. The Labute approximate surface area is 351 Å². The minimum Gasteiger partial charge on any atom is -0.497 e. The molecule has 2 aromatic heterocycles. The molecular formula is C44H42N6O6S3. The van der Waals surface area contributed by atoms with Gasteiger partial charge in [0, 0.05) is 41.7 Å². The van der Waals surface area contributed by atoms with Gasteiger partial charge in [0.05, 0.1) is 36.4 Å². The number of anilines is 4. The smallest absolute Gasteiger partial charge is 0.244 e. The first-order valence-corrected chi connectivity index (χ1v) is 21.4. The minimum atomic E-state index is -3.86. The molecule has 0 radical (unpaired) electrons. The Morgan fingerprint density at radius 2 is 1.19 bits per heavy atom. The lowest BCUT2D eigenvalue weighted by atomic mass is 10.0. The van der Waals surface area contributed by atoms with Gasteiger partial charge in [0.2, 0.25) is 21.6 Å². The molecule has 0 aliphatic heterocycles. The molecule has 2 heterocycles. The molecule has 7 aromatic rings. The van der Waals surface area contributed by atoms with Crippen LogP contribution < -0.4 is 30.6 Å². The molecule has 0 spiro atoms. The predicted octanol–water partition coefficient (Wildman–Crippen LogP) is 8.81. The van der Waals surface area contributed by atoms with Crippen molar-refractivity contribution in [1.82, 2.24) is 14.7 Å². The molecule has 0 amide bonds. The van der Waals surface area contributed by atoms with Gasteiger partial charge in [0.15, 0.2) is 10.3 Å². The molecule has 0 aliphatic rings. The van der Waals surface area contributed by atoms with Crippen molar-refractivity contribution in [3.8, 4) is 11.5 Å². The van der Waals surface area contributed by atoms with E-state index in [-0.39, 0.29) is 28.8 Å². The van der Waals surface area contributed by atoms with E-state index in [0.717, 1.165) is 33.6 Å². The van der Waals surface area contributed by atoms with E-state index in [4.69, 9.17) is 15.2 Å². The highest BCUT2D eigenvalue weighted by Crippen LogP contribution is 2.30. The van der Waals surface area contributed by atoms with E-state index in [1.165, 1.54) is 43.0 Å². The number of aryl methyl sites for hydroxylation is 2. The van der Waals surface area contributed by atoms with Gasteiger partial charge < -0.3 is 25.8 Å². The van der Waals surface area contributed by atoms with E-state index in [1.54, 1.807) is 30.6 Å². The zero-order valence-corrected chi connectivity index (χ0v) is 35.1. The third-order valence-electron chi connectivity index (χ3n) is 8.96. The number of aromatic nitrogens is 2. The molecule has 0 saturated carbocycles. The fourth-order valence-electron chi connectivity index (χ4n) is 5.83. The van der Waals surface area contributed by atoms with E-state index in [2.05, 4.69) is 25.3 Å². The second-order valence-corrected chi connectivity index (χ2v) is 16.8. The van der Waals surface area contributed by atoms with E-state index in [0.29, 0.717) is 43.4 Å². The summed E-state index contributed by atoms with van der Waals surface area (Å²) in [4.78, 5) is 35.2. The highest BCUT2D eigenvalue weighted by molar-refractivity contribution is 7.89. The van der Waals surface area contributed by atoms with Crippen molar-refractivity contribution < 1.29 is 27.5 Å². The van der Waals surface area contributed by atoms with E-state index in [9.17, 15) is 18.0 Å². The maximum absolute atomic E-state index is 12.9. The Bertz CT molecular complexity index is 2700. The van der Waals surface area contributed by atoms with Gasteiger partial charge >= 0.3 is 0 Å². The monoisotopic (exact) mass is 846 g/mol. The summed E-state index contributed by atoms with van der Waals surface area (Å²) < 4.78 is 38.8. The number of ether oxygens (including phenoxy) is 2. The van der Waals surface area contributed by atoms with Crippen LogP contribution >= 0.6 is 22.7 Å². The number of nitrogens with two attached hydrogens (primary N) is 1. The lowest BCUT2D eigenvalue weighted by Crippen LogP contribution is -2.23. The molecule has 15 heteroatoms. The molecule has 0 fully saturated rings. The van der Waals surface area contributed by atoms with Gasteiger partial charge in [-0.05, 0) is 72.5 Å². The molecule has 5 N–H and O–H groups in total. The number of methoxy groups -OCH3 is 2. The number of hydrogen-bond donors (Lipinski definition) is 4. The standard InChI is InChI=1S/C26H25N3O5S2.C18H17N3OS/c1-17-7-4-5-10-21(17)25(30)23-16-27-26(35-23)29-19-9-6-8-18(13-19)15-28-36(31,32)24-14-20(33-2)11-12-22(24)34-3;1-12-5-2-3-8-15(12)17(22)16-11-20-18(23-16)21-14-7-4-6-13(9-14)10-19/h4-14,16,28H,15H2,1-3H3,(H,27,29);2-9,11H,10,19H2,1H3,(H,20,21). The lowest BCUT2D eigenvalue weighted by molar-refractivity contribution is 0.103. The predicted molar refractivity (Wildman–Crippen MR) is 234 cm³/mol. The third kappa shape index (κ3) is 10.8. The molecule has 5 aromatic carbocycles. The Kier molecular flexibility index (Phi) is 14.0. The SMILES string of the molecule is COc1ccc(OC)c(S(=O)(=O)NCc2cccc(Nc3ncc(C(=O)c4ccccc4C)s3)c2)c1.Cc1ccccc1C(=O)c1cnc(Nc2cccc(CN)c2)s1. The summed E-state index contributed by atoms with van der Waals surface area (Å²) in [7, 11) is -0.987. The summed E-state index contributed by atoms with van der Waals surface area (Å²) in [6.45, 7) is 4.39. The Morgan fingerprint density at radius 3 is 1.69 bits per heavy atom. The second kappa shape index (κ2) is 19.5. The fraction of sp³-hybridized carbons (Fsp3) is 0.136. The minimum absolute atomic E-state index is 0.00404. The largest absolute Gasteiger partial charge is 0.497 e. The van der Waals surface area contributed by atoms with Crippen molar-refractivity contribution in [2.75, 3.05) is 24.9 Å². The van der Waals surface area contributed by atoms with Gasteiger partial charge in [0.1, 0.15) is 16.4 Å². The topological polar surface area (TPSA) is 175 Å². The highest BCUT2D eigenvalue weighted by Gasteiger charge is 2.21. The van der Waals surface area contributed by atoms with Gasteiger partial charge in [-0.1, -0.05) is 95.5 Å². The van der Waals surface area contributed by atoms with E-state index in [1.807, 2.05) is 105 Å². The van der Waals surface area contributed by atoms with Gasteiger partial charge in [-0.25, -0.2) is 23.1 Å². The van der Waals surface area contributed by atoms with Crippen molar-refractivity contribution in [3.05, 3.63) is 171 Å². The molecule has 7 rings (SSSR count). The number of rotatable bonds is 15. The van der Waals surface area contributed by atoms with Crippen LogP contribution in [0.5, 0.6) is 11.5 Å². The molecule has 0 atom stereocenters. The van der Waals surface area contributed by atoms with Crippen LogP contribution in [0, 0.1) is 13.8 Å². The highest BCUT2D eigenvalue weighted by atomic mass is 32.2. The van der Waals surface area contributed by atoms with Crippen molar-refractivity contribution in [3.63, 3.8) is 0 Å². The molecule has 0 aliphatic carbocycles. The zero-order valence-electron chi connectivity index (χ0n) is 32.7. The fourth-order valence-corrected chi connectivity index (χ4v) is 8.61. The van der Waals surface area contributed by atoms with Crippen LogP contribution in [0.4, 0.5) is 21.6 Å². The normalized spacial score (nSPS) is 10.9. The first kappa shape index (κ1) is 42.4. The molecule has 0 unspecified atom stereocenters. The number of nitrogens with zero attached hydrogens (tertiary/aromatic N) is 2. The second-order valence-electron chi connectivity index (χ2n) is 13.0. The van der Waals surface area contributed by atoms with Crippen LogP contribution in [0.15, 0.2) is 133 Å². The summed E-state index contributed by atoms with van der Waals surface area (Å²) in [6.07, 6.45) is 3.18. The van der Waals surface area contributed by atoms with Crippen LogP contribution in [0.3, 0.4) is 0 Å². The van der Waals surface area contributed by atoms with E-state index >= 15 is 0 Å². The Morgan fingerprint density at radius 1 is 0.661 bits per heavy atom. The van der Waals surface area contributed by atoms with Crippen molar-refractivity contribution >= 4 is 65.9 Å². The van der Waals surface area contributed by atoms with Crippen molar-refractivity contribution in [2.45, 2.75) is 31.8 Å². The number of nitrogens with one attached hydrogen (secondary N) is 3. The maximum Gasteiger partial charge on any atom is 0.244 e. The van der Waals surface area contributed by atoms with Crippen molar-refractivity contribution in [2.24, 2.45) is 5.73 Å². The summed E-state index contributed by atoms with van der Waals surface area (Å²) in [5, 5.41) is 7.66. The first-order valence-electron chi connectivity index (χ1n) is 18.2. The number of ketones is 2. The summed E-state index contributed by atoms with van der Waals surface area (Å²) in [6, 6.07) is 34.7. The molecular weight excluding hydrogens is 805 g/mol. The number of thiazole rings is 2.